The molecule has 0 amide bonds. The van der Waals surface area contributed by atoms with Crippen molar-refractivity contribution in [1.82, 2.24) is 5.32 Å². The largest absolute Gasteiger partial charge is 0.494 e. The number of ether oxygens (including phenoxy) is 1. The molecular weight excluding hydrogens is 421 g/mol. The second kappa shape index (κ2) is 13.8. The van der Waals surface area contributed by atoms with Crippen molar-refractivity contribution in [1.29, 1.82) is 0 Å². The first-order chi connectivity index (χ1) is 15.3. The summed E-state index contributed by atoms with van der Waals surface area (Å²) in [5.41, 5.74) is 5.31. The van der Waals surface area contributed by atoms with E-state index in [4.69, 9.17) is 14.5 Å². The molecule has 0 bridgehead atoms. The van der Waals surface area contributed by atoms with Crippen LogP contribution in [0, 0.1) is 19.8 Å². The van der Waals surface area contributed by atoms with Gasteiger partial charge in [0.1, 0.15) is 5.75 Å². The summed E-state index contributed by atoms with van der Waals surface area (Å²) in [5.74, 6) is 1.58. The van der Waals surface area contributed by atoms with Crippen LogP contribution in [0.15, 0.2) is 42.5 Å². The average molecular weight is 462 g/mol. The molecule has 0 heterocycles. The summed E-state index contributed by atoms with van der Waals surface area (Å²) in [7, 11) is -3.89. The van der Waals surface area contributed by atoms with E-state index in [1.54, 1.807) is 0 Å². The molecule has 0 radical (unpaired) electrons. The van der Waals surface area contributed by atoms with Crippen molar-refractivity contribution in [2.45, 2.75) is 65.8 Å². The third kappa shape index (κ3) is 10.8. The van der Waals surface area contributed by atoms with E-state index >= 15 is 0 Å². The highest BCUT2D eigenvalue weighted by molar-refractivity contribution is 7.51. The average Bonchev–Trinajstić information content (AvgIpc) is 2.74. The molecule has 0 aliphatic rings. The van der Waals surface area contributed by atoms with Gasteiger partial charge in [0.25, 0.3) is 0 Å². The predicted molar refractivity (Wildman–Crippen MR) is 132 cm³/mol. The van der Waals surface area contributed by atoms with Crippen LogP contribution in [0.4, 0.5) is 0 Å². The molecule has 32 heavy (non-hydrogen) atoms. The molecule has 2 aromatic rings. The van der Waals surface area contributed by atoms with Gasteiger partial charge in [-0.05, 0) is 86.4 Å². The Hall–Kier alpha value is -1.65. The van der Waals surface area contributed by atoms with Gasteiger partial charge < -0.3 is 19.8 Å². The Labute approximate surface area is 193 Å². The number of benzene rings is 2. The highest BCUT2D eigenvalue weighted by Gasteiger charge is 2.11. The van der Waals surface area contributed by atoms with Gasteiger partial charge in [-0.3, -0.25) is 4.57 Å². The molecule has 3 N–H and O–H groups in total. The van der Waals surface area contributed by atoms with Crippen LogP contribution in [-0.2, 0) is 17.5 Å². The number of hydrogen-bond donors (Lipinski definition) is 3. The lowest BCUT2D eigenvalue weighted by Crippen LogP contribution is -2.15. The van der Waals surface area contributed by atoms with Gasteiger partial charge in [-0.2, -0.15) is 0 Å². The first kappa shape index (κ1) is 26.6. The SMILES string of the molecule is CCCC(CCCOc1ccc(CNCCCP(=O)(O)O)cc1)Cc1ccc(C)c(C)c1. The van der Waals surface area contributed by atoms with E-state index in [-0.39, 0.29) is 6.16 Å². The van der Waals surface area contributed by atoms with Crippen LogP contribution in [-0.4, -0.2) is 29.1 Å². The van der Waals surface area contributed by atoms with Crippen LogP contribution in [0.5, 0.6) is 5.75 Å². The van der Waals surface area contributed by atoms with Crippen molar-refractivity contribution in [3.05, 3.63) is 64.7 Å². The molecule has 2 rings (SSSR count). The van der Waals surface area contributed by atoms with E-state index in [0.29, 0.717) is 25.4 Å². The van der Waals surface area contributed by atoms with Crippen LogP contribution in [0.25, 0.3) is 0 Å². The second-order valence-electron chi connectivity index (χ2n) is 8.83. The zero-order chi connectivity index (χ0) is 23.4. The summed E-state index contributed by atoms with van der Waals surface area (Å²) in [4.78, 5) is 17.7. The van der Waals surface area contributed by atoms with E-state index in [0.717, 1.165) is 30.8 Å². The minimum Gasteiger partial charge on any atom is -0.494 e. The van der Waals surface area contributed by atoms with E-state index in [1.165, 1.54) is 36.0 Å². The molecule has 0 fully saturated rings. The van der Waals surface area contributed by atoms with Gasteiger partial charge in [0.2, 0.25) is 0 Å². The first-order valence-electron chi connectivity index (χ1n) is 11.8. The Bertz CT molecular complexity index is 847. The lowest BCUT2D eigenvalue weighted by Gasteiger charge is -2.17. The minimum atomic E-state index is -3.89. The number of rotatable bonds is 15. The summed E-state index contributed by atoms with van der Waals surface area (Å²) in [5, 5.41) is 3.21. The van der Waals surface area contributed by atoms with E-state index < -0.39 is 7.60 Å². The molecule has 1 atom stereocenters. The van der Waals surface area contributed by atoms with Gasteiger partial charge in [0.05, 0.1) is 12.8 Å². The molecule has 2 aromatic carbocycles. The van der Waals surface area contributed by atoms with Gasteiger partial charge in [-0.15, -0.1) is 0 Å². The fourth-order valence-electron chi connectivity index (χ4n) is 3.93. The number of nitrogens with one attached hydrogen (secondary N) is 1. The van der Waals surface area contributed by atoms with Crippen molar-refractivity contribution < 1.29 is 19.1 Å². The lowest BCUT2D eigenvalue weighted by molar-refractivity contribution is 0.287. The lowest BCUT2D eigenvalue weighted by atomic mass is 9.90. The minimum absolute atomic E-state index is 0.0729. The molecule has 0 aliphatic heterocycles. The Kier molecular flexibility index (Phi) is 11.5. The van der Waals surface area contributed by atoms with Crippen LogP contribution in [0.2, 0.25) is 0 Å². The molecule has 178 valence electrons. The van der Waals surface area contributed by atoms with E-state index in [2.05, 4.69) is 44.3 Å². The van der Waals surface area contributed by atoms with Crippen molar-refractivity contribution in [2.75, 3.05) is 19.3 Å². The molecule has 5 nitrogen and oxygen atoms in total. The molecule has 0 saturated carbocycles. The predicted octanol–water partition coefficient (Wildman–Crippen LogP) is 5.78. The Morgan fingerprint density at radius 3 is 2.34 bits per heavy atom. The monoisotopic (exact) mass is 461 g/mol. The normalized spacial score (nSPS) is 12.7. The van der Waals surface area contributed by atoms with Gasteiger partial charge in [-0.1, -0.05) is 50.1 Å². The molecule has 1 unspecified atom stereocenters. The zero-order valence-electron chi connectivity index (χ0n) is 19.8. The Morgan fingerprint density at radius 2 is 1.69 bits per heavy atom. The quantitative estimate of drug-likeness (QED) is 0.231. The van der Waals surface area contributed by atoms with E-state index in [9.17, 15) is 4.57 Å². The van der Waals surface area contributed by atoms with Gasteiger partial charge in [0, 0.05) is 6.54 Å². The zero-order valence-corrected chi connectivity index (χ0v) is 20.7. The third-order valence-corrected chi connectivity index (χ3v) is 6.77. The summed E-state index contributed by atoms with van der Waals surface area (Å²) in [6.45, 7) is 8.61. The maximum atomic E-state index is 10.8. The summed E-state index contributed by atoms with van der Waals surface area (Å²) < 4.78 is 16.8. The maximum absolute atomic E-state index is 10.8. The van der Waals surface area contributed by atoms with Crippen LogP contribution in [0.3, 0.4) is 0 Å². The Balaban J connectivity index is 1.68. The number of hydrogen-bond acceptors (Lipinski definition) is 3. The number of aryl methyl sites for hydroxylation is 2. The standard InChI is InChI=1S/C26H40NO4P/c1-4-7-23(19-25-10-9-21(2)22(3)18-25)8-5-16-31-26-13-11-24(12-14-26)20-27-15-6-17-32(28,29)30/h9-14,18,23,27H,4-8,15-17,19-20H2,1-3H3,(H2,28,29,30). The fourth-order valence-corrected chi connectivity index (χ4v) is 4.50. The first-order valence-corrected chi connectivity index (χ1v) is 13.6. The fraction of sp³-hybridized carbons (Fsp3) is 0.538. The van der Waals surface area contributed by atoms with Crippen molar-refractivity contribution in [3.8, 4) is 5.75 Å². The van der Waals surface area contributed by atoms with Crippen molar-refractivity contribution in [3.63, 3.8) is 0 Å². The van der Waals surface area contributed by atoms with Gasteiger partial charge in [-0.25, -0.2) is 0 Å². The van der Waals surface area contributed by atoms with Gasteiger partial charge >= 0.3 is 7.60 Å². The third-order valence-electron chi connectivity index (χ3n) is 5.87. The second-order valence-corrected chi connectivity index (χ2v) is 10.6. The van der Waals surface area contributed by atoms with Crippen molar-refractivity contribution >= 4 is 7.60 Å². The molecular formula is C26H40NO4P. The summed E-state index contributed by atoms with van der Waals surface area (Å²) in [6, 6.07) is 14.9. The van der Waals surface area contributed by atoms with E-state index in [1.807, 2.05) is 24.3 Å². The molecule has 0 aromatic heterocycles. The summed E-state index contributed by atoms with van der Waals surface area (Å²) in [6.07, 6.45) is 6.24. The maximum Gasteiger partial charge on any atom is 0.325 e. The van der Waals surface area contributed by atoms with Crippen LogP contribution < -0.4 is 10.1 Å². The molecule has 0 aliphatic carbocycles. The Morgan fingerprint density at radius 1 is 0.969 bits per heavy atom. The van der Waals surface area contributed by atoms with Crippen LogP contribution in [0.1, 0.15) is 61.3 Å². The van der Waals surface area contributed by atoms with Crippen molar-refractivity contribution in [2.24, 2.45) is 5.92 Å². The smallest absolute Gasteiger partial charge is 0.325 e. The highest BCUT2D eigenvalue weighted by atomic mass is 31.2. The molecule has 0 spiro atoms. The topological polar surface area (TPSA) is 78.8 Å². The summed E-state index contributed by atoms with van der Waals surface area (Å²) >= 11 is 0. The van der Waals surface area contributed by atoms with Gasteiger partial charge in [0.15, 0.2) is 0 Å². The molecule has 0 saturated heterocycles. The molecule has 6 heteroatoms. The van der Waals surface area contributed by atoms with Crippen LogP contribution >= 0.6 is 7.60 Å². The highest BCUT2D eigenvalue weighted by Crippen LogP contribution is 2.34.